The molecule has 118 valence electrons. The summed E-state index contributed by atoms with van der Waals surface area (Å²) in [4.78, 5) is 34.7. The molecule has 0 bridgehead atoms. The molecule has 5 nitrogen and oxygen atoms in total. The van der Waals surface area contributed by atoms with Crippen LogP contribution in [0.3, 0.4) is 0 Å². The van der Waals surface area contributed by atoms with Crippen LogP contribution in [-0.2, 0) is 9.53 Å². The number of rotatable bonds is 5. The van der Waals surface area contributed by atoms with Gasteiger partial charge in [0.2, 0.25) is 5.91 Å². The van der Waals surface area contributed by atoms with Crippen LogP contribution in [0.25, 0.3) is 0 Å². The molecule has 1 amide bonds. The molecule has 0 fully saturated rings. The highest BCUT2D eigenvalue weighted by molar-refractivity contribution is 6.30. The number of anilines is 1. The van der Waals surface area contributed by atoms with E-state index in [1.165, 1.54) is 19.1 Å². The van der Waals surface area contributed by atoms with Gasteiger partial charge in [0.1, 0.15) is 0 Å². The number of halogens is 1. The lowest BCUT2D eigenvalue weighted by Crippen LogP contribution is -2.14. The molecule has 0 aromatic heterocycles. The first-order valence-corrected chi connectivity index (χ1v) is 7.17. The van der Waals surface area contributed by atoms with E-state index < -0.39 is 5.97 Å². The van der Waals surface area contributed by atoms with Crippen LogP contribution in [0.1, 0.15) is 27.6 Å². The number of carbonyl (C=O) groups excluding carboxylic acids is 3. The molecule has 0 unspecified atom stereocenters. The molecular weight excluding hydrogens is 318 g/mol. The number of ether oxygens (including phenoxy) is 1. The molecule has 0 saturated heterocycles. The summed E-state index contributed by atoms with van der Waals surface area (Å²) in [6.45, 7) is 1.04. The molecule has 2 aromatic carbocycles. The first kappa shape index (κ1) is 16.7. The first-order valence-electron chi connectivity index (χ1n) is 6.79. The smallest absolute Gasteiger partial charge is 0.338 e. The van der Waals surface area contributed by atoms with Crippen molar-refractivity contribution < 1.29 is 19.1 Å². The first-order chi connectivity index (χ1) is 11.0. The molecule has 0 spiro atoms. The predicted octanol–water partition coefficient (Wildman–Crippen LogP) is 3.34. The normalized spacial score (nSPS) is 10.0. The molecule has 23 heavy (non-hydrogen) atoms. The van der Waals surface area contributed by atoms with Gasteiger partial charge in [-0.1, -0.05) is 11.6 Å². The maximum Gasteiger partial charge on any atom is 0.338 e. The van der Waals surface area contributed by atoms with Gasteiger partial charge in [-0.25, -0.2) is 4.79 Å². The van der Waals surface area contributed by atoms with Crippen molar-refractivity contribution in [1.82, 2.24) is 0 Å². The lowest BCUT2D eigenvalue weighted by atomic mass is 10.1. The van der Waals surface area contributed by atoms with Gasteiger partial charge in [-0.2, -0.15) is 0 Å². The Morgan fingerprint density at radius 3 is 2.09 bits per heavy atom. The van der Waals surface area contributed by atoms with E-state index in [-0.39, 0.29) is 18.3 Å². The second-order valence-electron chi connectivity index (χ2n) is 4.76. The Kier molecular flexibility index (Phi) is 5.49. The second kappa shape index (κ2) is 7.56. The summed E-state index contributed by atoms with van der Waals surface area (Å²) in [5.74, 6) is -1.12. The molecular formula is C17H14ClNO4. The molecule has 0 aliphatic heterocycles. The maximum absolute atomic E-state index is 12.0. The van der Waals surface area contributed by atoms with E-state index in [1.807, 2.05) is 0 Å². The highest BCUT2D eigenvalue weighted by Gasteiger charge is 2.12. The number of esters is 1. The van der Waals surface area contributed by atoms with Gasteiger partial charge in [0.05, 0.1) is 5.56 Å². The van der Waals surface area contributed by atoms with Crippen molar-refractivity contribution >= 4 is 34.9 Å². The zero-order chi connectivity index (χ0) is 16.8. The molecule has 0 aliphatic carbocycles. The highest BCUT2D eigenvalue weighted by atomic mass is 35.5. The Morgan fingerprint density at radius 1 is 0.957 bits per heavy atom. The predicted molar refractivity (Wildman–Crippen MR) is 86.8 cm³/mol. The minimum absolute atomic E-state index is 0.194. The van der Waals surface area contributed by atoms with Crippen LogP contribution in [-0.4, -0.2) is 24.3 Å². The van der Waals surface area contributed by atoms with Crippen molar-refractivity contribution in [1.29, 1.82) is 0 Å². The summed E-state index contributed by atoms with van der Waals surface area (Å²) >= 11 is 5.74. The minimum Gasteiger partial charge on any atom is -0.454 e. The number of benzene rings is 2. The number of Topliss-reactive ketones (excluding diaryl/α,β-unsaturated/α-hetero) is 1. The second-order valence-corrected chi connectivity index (χ2v) is 5.20. The van der Waals surface area contributed by atoms with Gasteiger partial charge in [-0.15, -0.1) is 0 Å². The van der Waals surface area contributed by atoms with Crippen LogP contribution in [0, 0.1) is 0 Å². The number of hydrogen-bond acceptors (Lipinski definition) is 4. The largest absolute Gasteiger partial charge is 0.454 e. The van der Waals surface area contributed by atoms with Crippen molar-refractivity contribution in [3.8, 4) is 0 Å². The van der Waals surface area contributed by atoms with Crippen molar-refractivity contribution in [3.05, 3.63) is 64.7 Å². The molecule has 2 aromatic rings. The third-order valence-electron chi connectivity index (χ3n) is 2.94. The molecule has 0 heterocycles. The van der Waals surface area contributed by atoms with E-state index >= 15 is 0 Å². The van der Waals surface area contributed by atoms with Gasteiger partial charge in [-0.3, -0.25) is 9.59 Å². The van der Waals surface area contributed by atoms with E-state index in [4.69, 9.17) is 16.3 Å². The number of ketones is 1. The number of carbonyl (C=O) groups is 3. The maximum atomic E-state index is 12.0. The molecule has 0 saturated carbocycles. The lowest BCUT2D eigenvalue weighted by molar-refractivity contribution is -0.114. The topological polar surface area (TPSA) is 72.5 Å². The molecule has 0 radical (unpaired) electrons. The summed E-state index contributed by atoms with van der Waals surface area (Å²) in [5, 5.41) is 3.11. The number of amides is 1. The summed E-state index contributed by atoms with van der Waals surface area (Å²) in [6, 6.07) is 12.5. The minimum atomic E-state index is -0.593. The summed E-state index contributed by atoms with van der Waals surface area (Å²) < 4.78 is 4.98. The van der Waals surface area contributed by atoms with Gasteiger partial charge < -0.3 is 10.1 Å². The van der Waals surface area contributed by atoms with Crippen LogP contribution in [0.4, 0.5) is 5.69 Å². The fourth-order valence-corrected chi connectivity index (χ4v) is 1.95. The van der Waals surface area contributed by atoms with E-state index in [2.05, 4.69) is 5.32 Å². The quantitative estimate of drug-likeness (QED) is 0.673. The van der Waals surface area contributed by atoms with Crippen LogP contribution in [0.2, 0.25) is 5.02 Å². The fraction of sp³-hybridized carbons (Fsp3) is 0.118. The Hall–Kier alpha value is -2.66. The monoisotopic (exact) mass is 331 g/mol. The van der Waals surface area contributed by atoms with Crippen LogP contribution >= 0.6 is 11.6 Å². The lowest BCUT2D eigenvalue weighted by Gasteiger charge is -2.06. The molecule has 2 rings (SSSR count). The fourth-order valence-electron chi connectivity index (χ4n) is 1.83. The SMILES string of the molecule is CC(=O)Nc1ccc(C(=O)COC(=O)c2ccc(Cl)cc2)cc1. The summed E-state index contributed by atoms with van der Waals surface area (Å²) in [5.41, 5.74) is 1.30. The van der Waals surface area contributed by atoms with Crippen LogP contribution in [0.5, 0.6) is 0 Å². The van der Waals surface area contributed by atoms with E-state index in [1.54, 1.807) is 36.4 Å². The Morgan fingerprint density at radius 2 is 1.52 bits per heavy atom. The van der Waals surface area contributed by atoms with Crippen molar-refractivity contribution in [2.45, 2.75) is 6.92 Å². The standard InChI is InChI=1S/C17H14ClNO4/c1-11(20)19-15-8-4-12(5-9-15)16(21)10-23-17(22)13-2-6-14(18)7-3-13/h2-9H,10H2,1H3,(H,19,20). The van der Waals surface area contributed by atoms with Crippen LogP contribution < -0.4 is 5.32 Å². The molecule has 6 heteroatoms. The number of nitrogens with one attached hydrogen (secondary N) is 1. The Labute approximate surface area is 138 Å². The van der Waals surface area contributed by atoms with Gasteiger partial charge in [0, 0.05) is 23.2 Å². The van der Waals surface area contributed by atoms with Gasteiger partial charge in [0.15, 0.2) is 12.4 Å². The summed E-state index contributed by atoms with van der Waals surface area (Å²) in [7, 11) is 0. The third-order valence-corrected chi connectivity index (χ3v) is 3.19. The number of hydrogen-bond donors (Lipinski definition) is 1. The molecule has 1 N–H and O–H groups in total. The average molecular weight is 332 g/mol. The van der Waals surface area contributed by atoms with E-state index in [9.17, 15) is 14.4 Å². The van der Waals surface area contributed by atoms with Crippen molar-refractivity contribution in [2.24, 2.45) is 0 Å². The zero-order valence-corrected chi connectivity index (χ0v) is 13.1. The van der Waals surface area contributed by atoms with Crippen molar-refractivity contribution in [2.75, 3.05) is 11.9 Å². The summed E-state index contributed by atoms with van der Waals surface area (Å²) in [6.07, 6.45) is 0. The van der Waals surface area contributed by atoms with Gasteiger partial charge >= 0.3 is 5.97 Å². The highest BCUT2D eigenvalue weighted by Crippen LogP contribution is 2.12. The Bertz CT molecular complexity index is 723. The van der Waals surface area contributed by atoms with E-state index in [0.29, 0.717) is 21.8 Å². The third kappa shape index (κ3) is 4.93. The van der Waals surface area contributed by atoms with Crippen molar-refractivity contribution in [3.63, 3.8) is 0 Å². The zero-order valence-electron chi connectivity index (χ0n) is 12.3. The van der Waals surface area contributed by atoms with Crippen LogP contribution in [0.15, 0.2) is 48.5 Å². The van der Waals surface area contributed by atoms with E-state index in [0.717, 1.165) is 0 Å². The molecule has 0 aliphatic rings. The Balaban J connectivity index is 1.92. The molecule has 0 atom stereocenters. The van der Waals surface area contributed by atoms with Gasteiger partial charge in [-0.05, 0) is 48.5 Å². The van der Waals surface area contributed by atoms with Gasteiger partial charge in [0.25, 0.3) is 0 Å². The average Bonchev–Trinajstić information content (AvgIpc) is 2.53.